The lowest BCUT2D eigenvalue weighted by molar-refractivity contribution is 0.163. The summed E-state index contributed by atoms with van der Waals surface area (Å²) in [5, 5.41) is 9.91. The van der Waals surface area contributed by atoms with E-state index in [0.717, 1.165) is 24.9 Å². The Labute approximate surface area is 91.5 Å². The van der Waals surface area contributed by atoms with Gasteiger partial charge in [-0.3, -0.25) is 0 Å². The zero-order valence-electron chi connectivity index (χ0n) is 9.48. The first-order valence-electron chi connectivity index (χ1n) is 5.77. The lowest BCUT2D eigenvalue weighted by atomic mass is 9.97. The highest BCUT2D eigenvalue weighted by Gasteiger charge is 2.25. The van der Waals surface area contributed by atoms with Crippen molar-refractivity contribution in [3.05, 3.63) is 29.8 Å². The van der Waals surface area contributed by atoms with Crippen LogP contribution in [-0.4, -0.2) is 17.7 Å². The number of para-hydroxylation sites is 1. The Morgan fingerprint density at radius 1 is 1.47 bits per heavy atom. The van der Waals surface area contributed by atoms with Gasteiger partial charge in [-0.25, -0.2) is 0 Å². The Balaban J connectivity index is 2.36. The second kappa shape index (κ2) is 4.23. The van der Waals surface area contributed by atoms with E-state index in [4.69, 9.17) is 0 Å². The molecule has 1 aliphatic heterocycles. The Hall–Kier alpha value is -1.02. The number of aliphatic hydroxyl groups excluding tert-OH is 1. The summed E-state index contributed by atoms with van der Waals surface area (Å²) in [4.78, 5) is 2.40. The fourth-order valence-corrected chi connectivity index (χ4v) is 2.25. The fourth-order valence-electron chi connectivity index (χ4n) is 2.25. The lowest BCUT2D eigenvalue weighted by Crippen LogP contribution is -2.37. The Kier molecular flexibility index (Phi) is 2.96. The maximum Gasteiger partial charge on any atom is 0.0826 e. The summed E-state index contributed by atoms with van der Waals surface area (Å²) >= 11 is 0. The number of rotatable bonds is 2. The zero-order chi connectivity index (χ0) is 10.8. The molecular weight excluding hydrogens is 186 g/mol. The van der Waals surface area contributed by atoms with Crippen LogP contribution in [0.5, 0.6) is 0 Å². The number of fused-ring (bicyclic) bond motifs is 1. The van der Waals surface area contributed by atoms with Gasteiger partial charge < -0.3 is 10.0 Å². The van der Waals surface area contributed by atoms with Crippen molar-refractivity contribution in [3.63, 3.8) is 0 Å². The van der Waals surface area contributed by atoms with Gasteiger partial charge in [-0.1, -0.05) is 25.1 Å². The number of anilines is 1. The second-order valence-electron chi connectivity index (χ2n) is 4.31. The summed E-state index contributed by atoms with van der Waals surface area (Å²) in [7, 11) is 0. The third-order valence-electron chi connectivity index (χ3n) is 3.37. The van der Waals surface area contributed by atoms with Crippen molar-refractivity contribution in [1.82, 2.24) is 0 Å². The summed E-state index contributed by atoms with van der Waals surface area (Å²) in [6.45, 7) is 5.42. The summed E-state index contributed by atoms with van der Waals surface area (Å²) < 4.78 is 0. The minimum Gasteiger partial charge on any atom is -0.388 e. The van der Waals surface area contributed by atoms with Crippen LogP contribution in [0.4, 0.5) is 5.69 Å². The maximum atomic E-state index is 9.91. The molecule has 2 unspecified atom stereocenters. The van der Waals surface area contributed by atoms with Gasteiger partial charge in [0.1, 0.15) is 0 Å². The average molecular weight is 205 g/mol. The van der Waals surface area contributed by atoms with E-state index in [1.165, 1.54) is 5.69 Å². The smallest absolute Gasteiger partial charge is 0.0826 e. The summed E-state index contributed by atoms with van der Waals surface area (Å²) in [6, 6.07) is 8.76. The van der Waals surface area contributed by atoms with Crippen LogP contribution in [-0.2, 0) is 0 Å². The van der Waals surface area contributed by atoms with E-state index in [-0.39, 0.29) is 6.10 Å². The molecule has 15 heavy (non-hydrogen) atoms. The SMILES string of the molecule is CCC(C)N1CCC(O)c2ccccc21. The van der Waals surface area contributed by atoms with E-state index < -0.39 is 0 Å². The topological polar surface area (TPSA) is 23.5 Å². The number of hydrogen-bond donors (Lipinski definition) is 1. The van der Waals surface area contributed by atoms with E-state index >= 15 is 0 Å². The summed E-state index contributed by atoms with van der Waals surface area (Å²) in [5.74, 6) is 0. The minimum atomic E-state index is -0.276. The highest BCUT2D eigenvalue weighted by Crippen LogP contribution is 2.34. The van der Waals surface area contributed by atoms with Crippen LogP contribution in [0.15, 0.2) is 24.3 Å². The normalized spacial score (nSPS) is 22.3. The van der Waals surface area contributed by atoms with Crippen LogP contribution >= 0.6 is 0 Å². The number of hydrogen-bond acceptors (Lipinski definition) is 2. The number of benzene rings is 1. The van der Waals surface area contributed by atoms with Crippen molar-refractivity contribution in [2.75, 3.05) is 11.4 Å². The van der Waals surface area contributed by atoms with Gasteiger partial charge in [-0.05, 0) is 25.8 Å². The van der Waals surface area contributed by atoms with Gasteiger partial charge in [0.25, 0.3) is 0 Å². The van der Waals surface area contributed by atoms with E-state index in [1.807, 2.05) is 18.2 Å². The fraction of sp³-hybridized carbons (Fsp3) is 0.538. The first kappa shape index (κ1) is 10.5. The van der Waals surface area contributed by atoms with Crippen LogP contribution in [0.2, 0.25) is 0 Å². The zero-order valence-corrected chi connectivity index (χ0v) is 9.48. The molecule has 2 rings (SSSR count). The molecule has 0 bridgehead atoms. The molecule has 1 aromatic rings. The molecular formula is C13H19NO. The molecule has 2 nitrogen and oxygen atoms in total. The monoisotopic (exact) mass is 205 g/mol. The predicted molar refractivity (Wildman–Crippen MR) is 63.1 cm³/mol. The van der Waals surface area contributed by atoms with E-state index in [1.54, 1.807) is 0 Å². The molecule has 0 saturated carbocycles. The second-order valence-corrected chi connectivity index (χ2v) is 4.31. The standard InChI is InChI=1S/C13H19NO/c1-3-10(2)14-9-8-13(15)11-6-4-5-7-12(11)14/h4-7,10,13,15H,3,8-9H2,1-2H3. The van der Waals surface area contributed by atoms with Crippen molar-refractivity contribution in [2.24, 2.45) is 0 Å². The molecule has 2 atom stereocenters. The Bertz CT molecular complexity index is 337. The number of aliphatic hydroxyl groups is 1. The van der Waals surface area contributed by atoms with Gasteiger partial charge in [0.05, 0.1) is 6.10 Å². The van der Waals surface area contributed by atoms with Crippen LogP contribution < -0.4 is 4.90 Å². The highest BCUT2D eigenvalue weighted by atomic mass is 16.3. The third-order valence-corrected chi connectivity index (χ3v) is 3.37. The average Bonchev–Trinajstić information content (AvgIpc) is 2.29. The predicted octanol–water partition coefficient (Wildman–Crippen LogP) is 2.73. The van der Waals surface area contributed by atoms with Gasteiger partial charge in [0.2, 0.25) is 0 Å². The van der Waals surface area contributed by atoms with Crippen molar-refractivity contribution in [2.45, 2.75) is 38.8 Å². The van der Waals surface area contributed by atoms with Crippen LogP contribution in [0.1, 0.15) is 38.4 Å². The van der Waals surface area contributed by atoms with Gasteiger partial charge in [-0.15, -0.1) is 0 Å². The Morgan fingerprint density at radius 3 is 2.93 bits per heavy atom. The first-order chi connectivity index (χ1) is 7.24. The summed E-state index contributed by atoms with van der Waals surface area (Å²) in [6.07, 6.45) is 1.72. The van der Waals surface area contributed by atoms with E-state index in [2.05, 4.69) is 24.8 Å². The molecule has 0 fully saturated rings. The molecule has 0 aromatic heterocycles. The van der Waals surface area contributed by atoms with Crippen LogP contribution in [0.25, 0.3) is 0 Å². The maximum absolute atomic E-state index is 9.91. The molecule has 82 valence electrons. The largest absolute Gasteiger partial charge is 0.388 e. The van der Waals surface area contributed by atoms with Gasteiger partial charge >= 0.3 is 0 Å². The van der Waals surface area contributed by atoms with Crippen molar-refractivity contribution in [3.8, 4) is 0 Å². The van der Waals surface area contributed by atoms with Crippen molar-refractivity contribution < 1.29 is 5.11 Å². The van der Waals surface area contributed by atoms with Crippen molar-refractivity contribution in [1.29, 1.82) is 0 Å². The van der Waals surface area contributed by atoms with E-state index in [0.29, 0.717) is 6.04 Å². The summed E-state index contributed by atoms with van der Waals surface area (Å²) in [5.41, 5.74) is 2.30. The van der Waals surface area contributed by atoms with Crippen LogP contribution in [0.3, 0.4) is 0 Å². The molecule has 0 spiro atoms. The van der Waals surface area contributed by atoms with Crippen molar-refractivity contribution >= 4 is 5.69 Å². The Morgan fingerprint density at radius 2 is 2.20 bits per heavy atom. The highest BCUT2D eigenvalue weighted by molar-refractivity contribution is 5.57. The van der Waals surface area contributed by atoms with E-state index in [9.17, 15) is 5.11 Å². The molecule has 1 heterocycles. The molecule has 0 saturated heterocycles. The molecule has 1 aromatic carbocycles. The molecule has 0 amide bonds. The molecule has 0 radical (unpaired) electrons. The number of nitrogens with zero attached hydrogens (tertiary/aromatic N) is 1. The third kappa shape index (κ3) is 1.86. The lowest BCUT2D eigenvalue weighted by Gasteiger charge is -2.37. The quantitative estimate of drug-likeness (QED) is 0.802. The minimum absolute atomic E-state index is 0.276. The van der Waals surface area contributed by atoms with Crippen LogP contribution in [0, 0.1) is 0 Å². The van der Waals surface area contributed by atoms with Gasteiger partial charge in [0, 0.05) is 23.8 Å². The van der Waals surface area contributed by atoms with Gasteiger partial charge in [0.15, 0.2) is 0 Å². The molecule has 1 N–H and O–H groups in total. The molecule has 1 aliphatic rings. The molecule has 2 heteroatoms. The molecule has 0 aliphatic carbocycles. The first-order valence-corrected chi connectivity index (χ1v) is 5.77. The van der Waals surface area contributed by atoms with Gasteiger partial charge in [-0.2, -0.15) is 0 Å².